The van der Waals surface area contributed by atoms with Gasteiger partial charge < -0.3 is 15.4 Å². The van der Waals surface area contributed by atoms with Crippen LogP contribution in [-0.4, -0.2) is 17.6 Å². The molecule has 2 aromatic rings. The number of carbonyl (C=O) groups excluding carboxylic acids is 1. The number of hydrogen-bond acceptors (Lipinski definition) is 3. The Labute approximate surface area is 124 Å². The molecule has 2 N–H and O–H groups in total. The van der Waals surface area contributed by atoms with E-state index in [4.69, 9.17) is 4.74 Å². The van der Waals surface area contributed by atoms with E-state index in [1.54, 1.807) is 12.4 Å². The van der Waals surface area contributed by atoms with Crippen molar-refractivity contribution in [2.24, 2.45) is 0 Å². The van der Waals surface area contributed by atoms with Gasteiger partial charge in [0.1, 0.15) is 5.75 Å². The average Bonchev–Trinajstić information content (AvgIpc) is 2.50. The van der Waals surface area contributed by atoms with Crippen LogP contribution in [0.4, 0.5) is 10.5 Å². The molecule has 1 heterocycles. The van der Waals surface area contributed by atoms with Gasteiger partial charge in [0.2, 0.25) is 0 Å². The van der Waals surface area contributed by atoms with Gasteiger partial charge in [-0.2, -0.15) is 0 Å². The van der Waals surface area contributed by atoms with Gasteiger partial charge in [-0.3, -0.25) is 4.98 Å². The van der Waals surface area contributed by atoms with Gasteiger partial charge in [0.25, 0.3) is 0 Å². The number of hydrogen-bond donors (Lipinski definition) is 2. The number of aryl methyl sites for hydroxylation is 1. The van der Waals surface area contributed by atoms with Gasteiger partial charge in [0, 0.05) is 30.7 Å². The lowest BCUT2D eigenvalue weighted by Crippen LogP contribution is -2.28. The van der Waals surface area contributed by atoms with Crippen LogP contribution in [0.3, 0.4) is 0 Å². The van der Waals surface area contributed by atoms with Crippen LogP contribution in [0.5, 0.6) is 5.75 Å². The van der Waals surface area contributed by atoms with Crippen LogP contribution in [0, 0.1) is 6.92 Å². The van der Waals surface area contributed by atoms with Gasteiger partial charge in [-0.15, -0.1) is 0 Å². The molecule has 5 nitrogen and oxygen atoms in total. The number of ether oxygens (including phenoxy) is 1. The van der Waals surface area contributed by atoms with E-state index >= 15 is 0 Å². The molecular weight excluding hydrogens is 266 g/mol. The molecule has 2 amide bonds. The Balaban J connectivity index is 1.92. The molecule has 0 saturated heterocycles. The molecule has 1 aromatic heterocycles. The fourth-order valence-corrected chi connectivity index (χ4v) is 1.85. The second kappa shape index (κ2) is 7.28. The number of anilines is 1. The van der Waals surface area contributed by atoms with E-state index in [0.717, 1.165) is 16.9 Å². The molecule has 21 heavy (non-hydrogen) atoms. The standard InChI is InChI=1S/C16H19N3O2/c1-3-21-15-9-14(7-6-12(15)2)19-16(20)18-11-13-5-4-8-17-10-13/h4-10H,3,11H2,1-2H3,(H2,18,19,20). The van der Waals surface area contributed by atoms with Gasteiger partial charge >= 0.3 is 6.03 Å². The fraction of sp³-hybridized carbons (Fsp3) is 0.250. The van der Waals surface area contributed by atoms with Gasteiger partial charge in [-0.25, -0.2) is 4.79 Å². The van der Waals surface area contributed by atoms with E-state index in [0.29, 0.717) is 18.8 Å². The molecule has 2 rings (SSSR count). The Bertz CT molecular complexity index is 600. The Morgan fingerprint density at radius 2 is 2.19 bits per heavy atom. The van der Waals surface area contributed by atoms with Crippen molar-refractivity contribution in [2.75, 3.05) is 11.9 Å². The molecule has 5 heteroatoms. The van der Waals surface area contributed by atoms with Gasteiger partial charge in [0.05, 0.1) is 6.61 Å². The maximum absolute atomic E-state index is 11.9. The number of rotatable bonds is 5. The summed E-state index contributed by atoms with van der Waals surface area (Å²) in [6.45, 7) is 4.93. The molecule has 0 bridgehead atoms. The summed E-state index contributed by atoms with van der Waals surface area (Å²) in [5.74, 6) is 0.780. The van der Waals surface area contributed by atoms with Gasteiger partial charge in [0.15, 0.2) is 0 Å². The second-order valence-electron chi connectivity index (χ2n) is 4.58. The third kappa shape index (κ3) is 4.49. The van der Waals surface area contributed by atoms with Crippen LogP contribution < -0.4 is 15.4 Å². The van der Waals surface area contributed by atoms with E-state index in [-0.39, 0.29) is 6.03 Å². The molecular formula is C16H19N3O2. The lowest BCUT2D eigenvalue weighted by atomic mass is 10.2. The molecule has 1 aromatic carbocycles. The highest BCUT2D eigenvalue weighted by molar-refractivity contribution is 5.89. The second-order valence-corrected chi connectivity index (χ2v) is 4.58. The average molecular weight is 285 g/mol. The van der Waals surface area contributed by atoms with Crippen LogP contribution in [0.1, 0.15) is 18.1 Å². The molecule has 0 spiro atoms. The van der Waals surface area contributed by atoms with Crippen molar-refractivity contribution in [1.29, 1.82) is 0 Å². The highest BCUT2D eigenvalue weighted by atomic mass is 16.5. The summed E-state index contributed by atoms with van der Waals surface area (Å²) in [6, 6.07) is 9.08. The number of urea groups is 1. The Hall–Kier alpha value is -2.56. The molecule has 0 unspecified atom stereocenters. The molecule has 0 aliphatic carbocycles. The topological polar surface area (TPSA) is 63.2 Å². The van der Waals surface area contributed by atoms with Crippen LogP contribution in [0.2, 0.25) is 0 Å². The van der Waals surface area contributed by atoms with Gasteiger partial charge in [-0.1, -0.05) is 12.1 Å². The zero-order valence-corrected chi connectivity index (χ0v) is 12.2. The van der Waals surface area contributed by atoms with Crippen LogP contribution in [-0.2, 0) is 6.54 Å². The van der Waals surface area contributed by atoms with E-state index in [2.05, 4.69) is 15.6 Å². The third-order valence-corrected chi connectivity index (χ3v) is 2.92. The first-order valence-electron chi connectivity index (χ1n) is 6.86. The number of nitrogens with zero attached hydrogens (tertiary/aromatic N) is 1. The number of pyridine rings is 1. The van der Waals surface area contributed by atoms with Crippen molar-refractivity contribution in [3.05, 3.63) is 53.9 Å². The van der Waals surface area contributed by atoms with E-state index in [1.807, 2.05) is 44.2 Å². The lowest BCUT2D eigenvalue weighted by Gasteiger charge is -2.11. The molecule has 0 atom stereocenters. The summed E-state index contributed by atoms with van der Waals surface area (Å²) in [7, 11) is 0. The number of amides is 2. The highest BCUT2D eigenvalue weighted by Gasteiger charge is 2.05. The Morgan fingerprint density at radius 3 is 2.90 bits per heavy atom. The zero-order chi connectivity index (χ0) is 15.1. The first-order valence-corrected chi connectivity index (χ1v) is 6.86. The minimum atomic E-state index is -0.259. The number of nitrogens with one attached hydrogen (secondary N) is 2. The van der Waals surface area contributed by atoms with Gasteiger partial charge in [-0.05, 0) is 37.1 Å². The summed E-state index contributed by atoms with van der Waals surface area (Å²) in [5.41, 5.74) is 2.69. The zero-order valence-electron chi connectivity index (χ0n) is 12.2. The van der Waals surface area contributed by atoms with Crippen molar-refractivity contribution in [3.8, 4) is 5.75 Å². The maximum atomic E-state index is 11.9. The SMILES string of the molecule is CCOc1cc(NC(=O)NCc2cccnc2)ccc1C. The first-order chi connectivity index (χ1) is 10.2. The Morgan fingerprint density at radius 1 is 1.33 bits per heavy atom. The summed E-state index contributed by atoms with van der Waals surface area (Å²) >= 11 is 0. The summed E-state index contributed by atoms with van der Waals surface area (Å²) in [5, 5.41) is 5.57. The quantitative estimate of drug-likeness (QED) is 0.887. The monoisotopic (exact) mass is 285 g/mol. The van der Waals surface area contributed by atoms with Crippen LogP contribution >= 0.6 is 0 Å². The number of aromatic nitrogens is 1. The number of benzene rings is 1. The minimum absolute atomic E-state index is 0.259. The molecule has 0 aliphatic heterocycles. The summed E-state index contributed by atoms with van der Waals surface area (Å²) in [6.07, 6.45) is 3.42. The van der Waals surface area contributed by atoms with E-state index in [1.165, 1.54) is 0 Å². The predicted octanol–water partition coefficient (Wildman–Crippen LogP) is 3.11. The fourth-order valence-electron chi connectivity index (χ4n) is 1.85. The van der Waals surface area contributed by atoms with E-state index in [9.17, 15) is 4.79 Å². The molecule has 0 fully saturated rings. The predicted molar refractivity (Wildman–Crippen MR) is 82.4 cm³/mol. The third-order valence-electron chi connectivity index (χ3n) is 2.92. The summed E-state index contributed by atoms with van der Waals surface area (Å²) < 4.78 is 5.51. The van der Waals surface area contributed by atoms with Crippen molar-refractivity contribution in [2.45, 2.75) is 20.4 Å². The molecule has 0 aliphatic rings. The molecule has 0 saturated carbocycles. The van der Waals surface area contributed by atoms with E-state index < -0.39 is 0 Å². The largest absolute Gasteiger partial charge is 0.494 e. The smallest absolute Gasteiger partial charge is 0.319 e. The summed E-state index contributed by atoms with van der Waals surface area (Å²) in [4.78, 5) is 15.9. The highest BCUT2D eigenvalue weighted by Crippen LogP contribution is 2.22. The minimum Gasteiger partial charge on any atom is -0.494 e. The normalized spacial score (nSPS) is 10.0. The molecule has 0 radical (unpaired) electrons. The first kappa shape index (κ1) is 14.8. The van der Waals surface area contributed by atoms with Crippen molar-refractivity contribution >= 4 is 11.7 Å². The lowest BCUT2D eigenvalue weighted by molar-refractivity contribution is 0.251. The maximum Gasteiger partial charge on any atom is 0.319 e. The Kier molecular flexibility index (Phi) is 5.15. The molecule has 110 valence electrons. The number of carbonyl (C=O) groups is 1. The van der Waals surface area contributed by atoms with Crippen LogP contribution in [0.25, 0.3) is 0 Å². The van der Waals surface area contributed by atoms with Crippen molar-refractivity contribution in [3.63, 3.8) is 0 Å². The van der Waals surface area contributed by atoms with Crippen molar-refractivity contribution in [1.82, 2.24) is 10.3 Å². The van der Waals surface area contributed by atoms with Crippen molar-refractivity contribution < 1.29 is 9.53 Å². The van der Waals surface area contributed by atoms with Crippen LogP contribution in [0.15, 0.2) is 42.7 Å².